The first-order chi connectivity index (χ1) is 6.74. The van der Waals surface area contributed by atoms with Gasteiger partial charge in [-0.2, -0.15) is 5.26 Å². The number of nitrogens with zero attached hydrogens (tertiary/aromatic N) is 1. The molecule has 0 heterocycles. The Morgan fingerprint density at radius 2 is 2.36 bits per heavy atom. The van der Waals surface area contributed by atoms with Crippen molar-refractivity contribution in [2.24, 2.45) is 0 Å². The number of hydrogen-bond donors (Lipinski definition) is 1. The molecular weight excluding hydrogens is 204 g/mol. The SMILES string of the molecule is COc1ccc(C#N)c(NC=O)c1Cl. The summed E-state index contributed by atoms with van der Waals surface area (Å²) < 4.78 is 4.93. The largest absolute Gasteiger partial charge is 0.495 e. The van der Waals surface area contributed by atoms with Crippen molar-refractivity contribution in [3.8, 4) is 11.8 Å². The number of nitriles is 1. The lowest BCUT2D eigenvalue weighted by Gasteiger charge is -2.08. The van der Waals surface area contributed by atoms with Crippen molar-refractivity contribution in [2.75, 3.05) is 12.4 Å². The molecule has 0 spiro atoms. The number of carbonyl (C=O) groups excluding carboxylic acids is 1. The van der Waals surface area contributed by atoms with Crippen LogP contribution in [-0.2, 0) is 4.79 Å². The van der Waals surface area contributed by atoms with Crippen molar-refractivity contribution < 1.29 is 9.53 Å². The fraction of sp³-hybridized carbons (Fsp3) is 0.111. The van der Waals surface area contributed by atoms with Crippen molar-refractivity contribution in [3.63, 3.8) is 0 Å². The number of amides is 1. The van der Waals surface area contributed by atoms with E-state index in [9.17, 15) is 4.79 Å². The predicted octanol–water partition coefficient (Wildman–Crippen LogP) is 1.79. The summed E-state index contributed by atoms with van der Waals surface area (Å²) in [6, 6.07) is 5.00. The second-order valence-electron chi connectivity index (χ2n) is 2.38. The summed E-state index contributed by atoms with van der Waals surface area (Å²) >= 11 is 5.87. The predicted molar refractivity (Wildman–Crippen MR) is 52.4 cm³/mol. The zero-order valence-corrected chi connectivity index (χ0v) is 8.13. The van der Waals surface area contributed by atoms with Gasteiger partial charge in [-0.1, -0.05) is 11.6 Å². The van der Waals surface area contributed by atoms with Gasteiger partial charge in [-0.15, -0.1) is 0 Å². The number of halogens is 1. The Hall–Kier alpha value is -1.73. The highest BCUT2D eigenvalue weighted by molar-refractivity contribution is 6.35. The summed E-state index contributed by atoms with van der Waals surface area (Å²) in [5.74, 6) is 0.412. The third kappa shape index (κ3) is 1.78. The molecule has 0 saturated heterocycles. The highest BCUT2D eigenvalue weighted by atomic mass is 35.5. The zero-order chi connectivity index (χ0) is 10.6. The van der Waals surface area contributed by atoms with E-state index < -0.39 is 0 Å². The molecule has 0 radical (unpaired) electrons. The molecule has 0 aromatic heterocycles. The average molecular weight is 211 g/mol. The Bertz CT molecular complexity index is 399. The average Bonchev–Trinajstić information content (AvgIpc) is 2.21. The summed E-state index contributed by atoms with van der Waals surface area (Å²) in [6.07, 6.45) is 0.460. The molecule has 72 valence electrons. The van der Waals surface area contributed by atoms with Crippen LogP contribution in [0.5, 0.6) is 5.75 Å². The third-order valence-corrected chi connectivity index (χ3v) is 2.03. The maximum Gasteiger partial charge on any atom is 0.211 e. The highest BCUT2D eigenvalue weighted by Crippen LogP contribution is 2.34. The molecule has 0 aliphatic rings. The van der Waals surface area contributed by atoms with Crippen LogP contribution < -0.4 is 10.1 Å². The number of nitrogens with one attached hydrogen (secondary N) is 1. The van der Waals surface area contributed by atoms with Gasteiger partial charge in [-0.3, -0.25) is 4.79 Å². The van der Waals surface area contributed by atoms with Gasteiger partial charge in [0.2, 0.25) is 6.41 Å². The molecule has 1 aromatic rings. The van der Waals surface area contributed by atoms with Gasteiger partial charge in [0.1, 0.15) is 16.8 Å². The van der Waals surface area contributed by atoms with Gasteiger partial charge in [-0.05, 0) is 12.1 Å². The summed E-state index contributed by atoms with van der Waals surface area (Å²) in [5, 5.41) is 11.3. The summed E-state index contributed by atoms with van der Waals surface area (Å²) in [4.78, 5) is 10.3. The quantitative estimate of drug-likeness (QED) is 0.774. The van der Waals surface area contributed by atoms with Crippen molar-refractivity contribution in [1.82, 2.24) is 0 Å². The molecule has 1 rings (SSSR count). The van der Waals surface area contributed by atoms with Gasteiger partial charge in [0, 0.05) is 0 Å². The Balaban J connectivity index is 3.32. The van der Waals surface area contributed by atoms with E-state index in [1.54, 1.807) is 6.07 Å². The molecule has 5 heteroatoms. The molecule has 14 heavy (non-hydrogen) atoms. The smallest absolute Gasteiger partial charge is 0.211 e. The van der Waals surface area contributed by atoms with Crippen molar-refractivity contribution in [3.05, 3.63) is 22.7 Å². The lowest BCUT2D eigenvalue weighted by atomic mass is 10.2. The van der Waals surface area contributed by atoms with E-state index >= 15 is 0 Å². The number of benzene rings is 1. The van der Waals surface area contributed by atoms with Gasteiger partial charge in [-0.25, -0.2) is 0 Å². The minimum absolute atomic E-state index is 0.221. The Morgan fingerprint density at radius 3 is 2.86 bits per heavy atom. The van der Waals surface area contributed by atoms with Crippen LogP contribution in [0.3, 0.4) is 0 Å². The molecule has 4 nitrogen and oxygen atoms in total. The highest BCUT2D eigenvalue weighted by Gasteiger charge is 2.11. The third-order valence-electron chi connectivity index (χ3n) is 1.65. The van der Waals surface area contributed by atoms with Gasteiger partial charge in [0.25, 0.3) is 0 Å². The molecule has 0 bridgehead atoms. The number of carbonyl (C=O) groups is 1. The molecule has 1 N–H and O–H groups in total. The van der Waals surface area contributed by atoms with E-state index in [1.807, 2.05) is 6.07 Å². The first kappa shape index (κ1) is 10.4. The Kier molecular flexibility index (Phi) is 3.32. The number of anilines is 1. The van der Waals surface area contributed by atoms with Crippen LogP contribution in [0.2, 0.25) is 5.02 Å². The molecule has 0 fully saturated rings. The summed E-state index contributed by atoms with van der Waals surface area (Å²) in [7, 11) is 1.46. The van der Waals surface area contributed by atoms with Crippen molar-refractivity contribution in [2.45, 2.75) is 0 Å². The summed E-state index contributed by atoms with van der Waals surface area (Å²) in [6.45, 7) is 0. The van der Waals surface area contributed by atoms with Gasteiger partial charge >= 0.3 is 0 Å². The van der Waals surface area contributed by atoms with E-state index in [0.717, 1.165) is 0 Å². The van der Waals surface area contributed by atoms with E-state index in [1.165, 1.54) is 13.2 Å². The van der Waals surface area contributed by atoms with E-state index in [4.69, 9.17) is 21.6 Å². The molecule has 0 saturated carbocycles. The molecule has 0 unspecified atom stereocenters. The number of methoxy groups -OCH3 is 1. The van der Waals surface area contributed by atoms with Crippen LogP contribution in [0.25, 0.3) is 0 Å². The van der Waals surface area contributed by atoms with Crippen LogP contribution >= 0.6 is 11.6 Å². The lowest BCUT2D eigenvalue weighted by Crippen LogP contribution is -1.99. The molecule has 0 aliphatic carbocycles. The van der Waals surface area contributed by atoms with Gasteiger partial charge < -0.3 is 10.1 Å². The lowest BCUT2D eigenvalue weighted by molar-refractivity contribution is -0.105. The molecule has 1 amide bonds. The van der Waals surface area contributed by atoms with Gasteiger partial charge in [0.15, 0.2) is 0 Å². The number of rotatable bonds is 3. The minimum Gasteiger partial charge on any atom is -0.495 e. The zero-order valence-electron chi connectivity index (χ0n) is 7.37. The molecule has 1 aromatic carbocycles. The van der Waals surface area contributed by atoms with E-state index in [0.29, 0.717) is 17.7 Å². The maximum absolute atomic E-state index is 10.3. The maximum atomic E-state index is 10.3. The normalized spacial score (nSPS) is 8.93. The number of hydrogen-bond acceptors (Lipinski definition) is 3. The first-order valence-corrected chi connectivity index (χ1v) is 4.09. The van der Waals surface area contributed by atoms with Crippen molar-refractivity contribution >= 4 is 23.7 Å². The monoisotopic (exact) mass is 210 g/mol. The fourth-order valence-electron chi connectivity index (χ4n) is 1.01. The Morgan fingerprint density at radius 1 is 1.64 bits per heavy atom. The second-order valence-corrected chi connectivity index (χ2v) is 2.76. The molecule has 0 atom stereocenters. The van der Waals surface area contributed by atoms with Crippen LogP contribution in [0.4, 0.5) is 5.69 Å². The fourth-order valence-corrected chi connectivity index (χ4v) is 1.30. The molecular formula is C9H7ClN2O2. The van der Waals surface area contributed by atoms with E-state index in [2.05, 4.69) is 5.32 Å². The minimum atomic E-state index is 0.221. The van der Waals surface area contributed by atoms with Crippen molar-refractivity contribution in [1.29, 1.82) is 5.26 Å². The summed E-state index contributed by atoms with van der Waals surface area (Å²) in [5.41, 5.74) is 0.561. The standard InChI is InChI=1S/C9H7ClN2O2/c1-14-7-3-2-6(4-11)9(8(7)10)12-5-13/h2-3,5H,1H3,(H,12,13). The molecule has 0 aliphatic heterocycles. The van der Waals surface area contributed by atoms with Crippen LogP contribution in [0.15, 0.2) is 12.1 Å². The van der Waals surface area contributed by atoms with E-state index in [-0.39, 0.29) is 10.7 Å². The number of ether oxygens (including phenoxy) is 1. The Labute approximate surface area is 86.0 Å². The topological polar surface area (TPSA) is 62.1 Å². The van der Waals surface area contributed by atoms with Crippen LogP contribution in [0.1, 0.15) is 5.56 Å². The van der Waals surface area contributed by atoms with Crippen LogP contribution in [0, 0.1) is 11.3 Å². The van der Waals surface area contributed by atoms with Gasteiger partial charge in [0.05, 0.1) is 18.4 Å². The first-order valence-electron chi connectivity index (χ1n) is 3.71. The van der Waals surface area contributed by atoms with Crippen LogP contribution in [-0.4, -0.2) is 13.5 Å². The second kappa shape index (κ2) is 4.49.